The van der Waals surface area contributed by atoms with Gasteiger partial charge in [-0.05, 0) is 30.7 Å². The number of hydrogen-bond donors (Lipinski definition) is 2. The predicted molar refractivity (Wildman–Crippen MR) is 77.4 cm³/mol. The van der Waals surface area contributed by atoms with Gasteiger partial charge in [-0.2, -0.15) is 0 Å². The van der Waals surface area contributed by atoms with Crippen molar-refractivity contribution >= 4 is 22.9 Å². The standard InChI is InChI=1S/C14H16N2O2S/c1-9-12(15)7-13(19-9)14(18)16(2)8-10-4-3-5-11(17)6-10/h3-7,17H,8,15H2,1-2H3. The van der Waals surface area contributed by atoms with Crippen LogP contribution in [0.25, 0.3) is 0 Å². The minimum Gasteiger partial charge on any atom is -0.508 e. The first-order valence-electron chi connectivity index (χ1n) is 5.86. The number of rotatable bonds is 3. The highest BCUT2D eigenvalue weighted by molar-refractivity contribution is 7.14. The second kappa shape index (κ2) is 5.32. The first-order valence-corrected chi connectivity index (χ1v) is 6.68. The van der Waals surface area contributed by atoms with Crippen LogP contribution in [0.2, 0.25) is 0 Å². The summed E-state index contributed by atoms with van der Waals surface area (Å²) in [4.78, 5) is 15.4. The van der Waals surface area contributed by atoms with Crippen LogP contribution in [0.3, 0.4) is 0 Å². The number of amides is 1. The summed E-state index contributed by atoms with van der Waals surface area (Å²) in [5.41, 5.74) is 7.30. The monoisotopic (exact) mass is 276 g/mol. The van der Waals surface area contributed by atoms with Crippen LogP contribution in [0, 0.1) is 6.92 Å². The van der Waals surface area contributed by atoms with Crippen molar-refractivity contribution in [3.63, 3.8) is 0 Å². The normalized spacial score (nSPS) is 10.4. The van der Waals surface area contributed by atoms with E-state index in [2.05, 4.69) is 0 Å². The number of nitrogens with two attached hydrogens (primary N) is 1. The molecule has 0 aliphatic rings. The largest absolute Gasteiger partial charge is 0.508 e. The lowest BCUT2D eigenvalue weighted by Crippen LogP contribution is -2.25. The Morgan fingerprint density at radius 2 is 2.16 bits per heavy atom. The zero-order valence-corrected chi connectivity index (χ0v) is 11.7. The van der Waals surface area contributed by atoms with Crippen molar-refractivity contribution in [2.24, 2.45) is 0 Å². The molecule has 1 aromatic heterocycles. The molecule has 3 N–H and O–H groups in total. The number of thiophene rings is 1. The Kier molecular flexibility index (Phi) is 3.76. The number of anilines is 1. The Morgan fingerprint density at radius 1 is 1.42 bits per heavy atom. The summed E-state index contributed by atoms with van der Waals surface area (Å²) in [6.45, 7) is 2.34. The Labute approximate surface area is 116 Å². The first kappa shape index (κ1) is 13.4. The van der Waals surface area contributed by atoms with Gasteiger partial charge in [-0.15, -0.1) is 11.3 Å². The van der Waals surface area contributed by atoms with Crippen LogP contribution in [0.5, 0.6) is 5.75 Å². The number of phenolic OH excluding ortho intramolecular Hbond substituents is 1. The van der Waals surface area contributed by atoms with Gasteiger partial charge in [0.15, 0.2) is 0 Å². The van der Waals surface area contributed by atoms with Gasteiger partial charge >= 0.3 is 0 Å². The van der Waals surface area contributed by atoms with Gasteiger partial charge in [0, 0.05) is 24.2 Å². The molecule has 1 amide bonds. The van der Waals surface area contributed by atoms with Crippen molar-refractivity contribution in [1.29, 1.82) is 0 Å². The third-order valence-corrected chi connectivity index (χ3v) is 3.90. The van der Waals surface area contributed by atoms with Gasteiger partial charge in [0.1, 0.15) is 5.75 Å². The van der Waals surface area contributed by atoms with Crippen LogP contribution in [-0.4, -0.2) is 23.0 Å². The predicted octanol–water partition coefficient (Wildman–Crippen LogP) is 2.62. The van der Waals surface area contributed by atoms with Gasteiger partial charge in [0.2, 0.25) is 0 Å². The van der Waals surface area contributed by atoms with Crippen LogP contribution in [-0.2, 0) is 6.54 Å². The lowest BCUT2D eigenvalue weighted by Gasteiger charge is -2.16. The van der Waals surface area contributed by atoms with Crippen molar-refractivity contribution in [2.75, 3.05) is 12.8 Å². The van der Waals surface area contributed by atoms with E-state index in [1.54, 1.807) is 36.2 Å². The highest BCUT2D eigenvalue weighted by Crippen LogP contribution is 2.25. The van der Waals surface area contributed by atoms with Crippen LogP contribution >= 0.6 is 11.3 Å². The van der Waals surface area contributed by atoms with E-state index in [1.807, 2.05) is 13.0 Å². The van der Waals surface area contributed by atoms with Crippen LogP contribution < -0.4 is 5.73 Å². The summed E-state index contributed by atoms with van der Waals surface area (Å²) >= 11 is 1.40. The minimum atomic E-state index is -0.0619. The number of carbonyl (C=O) groups is 1. The fourth-order valence-electron chi connectivity index (χ4n) is 1.79. The molecule has 0 atom stereocenters. The van der Waals surface area contributed by atoms with E-state index in [4.69, 9.17) is 5.73 Å². The first-order chi connectivity index (χ1) is 8.97. The number of phenols is 1. The van der Waals surface area contributed by atoms with E-state index in [-0.39, 0.29) is 11.7 Å². The molecule has 0 unspecified atom stereocenters. The Hall–Kier alpha value is -2.01. The molecule has 2 aromatic rings. The van der Waals surface area contributed by atoms with E-state index < -0.39 is 0 Å². The average Bonchev–Trinajstić information content (AvgIpc) is 2.68. The summed E-state index contributed by atoms with van der Waals surface area (Å²) in [5.74, 6) is 0.141. The maximum atomic E-state index is 12.2. The molecule has 0 saturated carbocycles. The molecule has 100 valence electrons. The van der Waals surface area contributed by atoms with Crippen molar-refractivity contribution in [1.82, 2.24) is 4.90 Å². The summed E-state index contributed by atoms with van der Waals surface area (Å²) < 4.78 is 0. The molecular formula is C14H16N2O2S. The molecular weight excluding hydrogens is 260 g/mol. The van der Waals surface area contributed by atoms with Crippen molar-refractivity contribution in [2.45, 2.75) is 13.5 Å². The zero-order valence-electron chi connectivity index (χ0n) is 10.9. The molecule has 19 heavy (non-hydrogen) atoms. The summed E-state index contributed by atoms with van der Waals surface area (Å²) in [6.07, 6.45) is 0. The molecule has 0 aliphatic carbocycles. The van der Waals surface area contributed by atoms with Crippen LogP contribution in [0.4, 0.5) is 5.69 Å². The smallest absolute Gasteiger partial charge is 0.264 e. The van der Waals surface area contributed by atoms with Gasteiger partial charge in [0.25, 0.3) is 5.91 Å². The third-order valence-electron chi connectivity index (χ3n) is 2.84. The molecule has 4 nitrogen and oxygen atoms in total. The molecule has 0 saturated heterocycles. The molecule has 0 bridgehead atoms. The third kappa shape index (κ3) is 3.06. The molecule has 5 heteroatoms. The summed E-state index contributed by atoms with van der Waals surface area (Å²) in [6, 6.07) is 8.60. The SMILES string of the molecule is Cc1sc(C(=O)N(C)Cc2cccc(O)c2)cc1N. The number of aromatic hydroxyl groups is 1. The maximum Gasteiger partial charge on any atom is 0.264 e. The number of benzene rings is 1. The molecule has 0 aliphatic heterocycles. The quantitative estimate of drug-likeness (QED) is 0.905. The van der Waals surface area contributed by atoms with E-state index in [0.29, 0.717) is 17.1 Å². The second-order valence-corrected chi connectivity index (χ2v) is 5.71. The molecule has 1 aromatic carbocycles. The van der Waals surface area contributed by atoms with Gasteiger partial charge in [-0.25, -0.2) is 0 Å². The molecule has 1 heterocycles. The molecule has 0 radical (unpaired) electrons. The number of nitrogen functional groups attached to an aromatic ring is 1. The zero-order chi connectivity index (χ0) is 14.0. The Balaban J connectivity index is 2.11. The second-order valence-electron chi connectivity index (χ2n) is 4.45. The van der Waals surface area contributed by atoms with Gasteiger partial charge in [0.05, 0.1) is 4.88 Å². The van der Waals surface area contributed by atoms with Crippen LogP contribution in [0.15, 0.2) is 30.3 Å². The van der Waals surface area contributed by atoms with E-state index in [1.165, 1.54) is 11.3 Å². The van der Waals surface area contributed by atoms with Crippen molar-refractivity contribution in [3.8, 4) is 5.75 Å². The summed E-state index contributed by atoms with van der Waals surface area (Å²) in [7, 11) is 1.73. The Bertz CT molecular complexity index is 588. The molecule has 0 fully saturated rings. The van der Waals surface area contributed by atoms with Gasteiger partial charge in [-0.3, -0.25) is 4.79 Å². The van der Waals surface area contributed by atoms with E-state index in [0.717, 1.165) is 10.4 Å². The molecule has 2 rings (SSSR count). The Morgan fingerprint density at radius 3 is 2.74 bits per heavy atom. The van der Waals surface area contributed by atoms with Crippen molar-refractivity contribution in [3.05, 3.63) is 45.6 Å². The lowest BCUT2D eigenvalue weighted by molar-refractivity contribution is 0.0790. The topological polar surface area (TPSA) is 66.6 Å². The number of hydrogen-bond acceptors (Lipinski definition) is 4. The highest BCUT2D eigenvalue weighted by atomic mass is 32.1. The average molecular weight is 276 g/mol. The minimum absolute atomic E-state index is 0.0619. The van der Waals surface area contributed by atoms with E-state index >= 15 is 0 Å². The maximum absolute atomic E-state index is 12.2. The van der Waals surface area contributed by atoms with Gasteiger partial charge < -0.3 is 15.7 Å². The van der Waals surface area contributed by atoms with E-state index in [9.17, 15) is 9.90 Å². The number of aryl methyl sites for hydroxylation is 1. The fraction of sp³-hybridized carbons (Fsp3) is 0.214. The summed E-state index contributed by atoms with van der Waals surface area (Å²) in [5, 5.41) is 9.40. The molecule has 0 spiro atoms. The fourth-order valence-corrected chi connectivity index (χ4v) is 2.73. The number of nitrogens with zero attached hydrogens (tertiary/aromatic N) is 1. The highest BCUT2D eigenvalue weighted by Gasteiger charge is 2.15. The van der Waals surface area contributed by atoms with Gasteiger partial charge in [-0.1, -0.05) is 12.1 Å². The number of carbonyl (C=O) groups excluding carboxylic acids is 1. The van der Waals surface area contributed by atoms with Crippen molar-refractivity contribution < 1.29 is 9.90 Å². The lowest BCUT2D eigenvalue weighted by atomic mass is 10.2. The van der Waals surface area contributed by atoms with Crippen LogP contribution in [0.1, 0.15) is 20.1 Å².